The largest absolute Gasteiger partial charge is 0.390 e. The van der Waals surface area contributed by atoms with E-state index in [9.17, 15) is 0 Å². The van der Waals surface area contributed by atoms with Gasteiger partial charge in [0.05, 0.1) is 6.10 Å². The molecule has 1 aliphatic heterocycles. The fraction of sp³-hybridized carbons (Fsp3) is 1.00. The van der Waals surface area contributed by atoms with Gasteiger partial charge in [-0.1, -0.05) is 0 Å². The van der Waals surface area contributed by atoms with E-state index in [0.717, 1.165) is 0 Å². The number of nitrogens with two attached hydrogens (primary N) is 1. The summed E-state index contributed by atoms with van der Waals surface area (Å²) in [6.45, 7) is 1.10. The molecule has 0 aliphatic carbocycles. The van der Waals surface area contributed by atoms with Crippen LogP contribution in [-0.4, -0.2) is 43.1 Å². The molecule has 0 aromatic rings. The van der Waals surface area contributed by atoms with Crippen LogP contribution in [-0.2, 0) is 0 Å². The molecule has 1 rings (SSSR count). The summed E-state index contributed by atoms with van der Waals surface area (Å²) >= 11 is 0. The van der Waals surface area contributed by atoms with Crippen molar-refractivity contribution in [2.24, 2.45) is 5.73 Å². The van der Waals surface area contributed by atoms with Crippen molar-refractivity contribution < 1.29 is 5.11 Å². The van der Waals surface area contributed by atoms with Gasteiger partial charge in [0.15, 0.2) is 7.98 Å². The molecule has 1 heterocycles. The minimum Gasteiger partial charge on any atom is -0.390 e. The highest BCUT2D eigenvalue weighted by Gasteiger charge is 2.24. The van der Waals surface area contributed by atoms with E-state index in [-0.39, 0.29) is 6.04 Å². The van der Waals surface area contributed by atoms with E-state index in [0.29, 0.717) is 13.1 Å². The fourth-order valence-electron chi connectivity index (χ4n) is 0.843. The smallest absolute Gasteiger partial charge is 0.182 e. The van der Waals surface area contributed by atoms with Crippen LogP contribution in [0.3, 0.4) is 0 Å². The third kappa shape index (κ3) is 1.02. The quantitative estimate of drug-likeness (QED) is 0.359. The Balaban J connectivity index is 2.39. The lowest BCUT2D eigenvalue weighted by atomic mass is 10.2. The molecule has 1 saturated heterocycles. The Morgan fingerprint density at radius 2 is 2.25 bits per heavy atom. The molecule has 0 aromatic carbocycles. The van der Waals surface area contributed by atoms with Crippen molar-refractivity contribution in [1.29, 1.82) is 0 Å². The van der Waals surface area contributed by atoms with E-state index in [2.05, 4.69) is 0 Å². The van der Waals surface area contributed by atoms with Crippen LogP contribution in [0.5, 0.6) is 0 Å². The molecule has 2 radical (unpaired) electrons. The zero-order valence-corrected chi connectivity index (χ0v) is 4.62. The number of aliphatic hydroxyl groups excluding tert-OH is 1. The predicted octanol–water partition coefficient (Wildman–Crippen LogP) is -1.93. The van der Waals surface area contributed by atoms with Crippen LogP contribution in [0.15, 0.2) is 0 Å². The molecule has 3 N–H and O–H groups in total. The Hall–Kier alpha value is -0.0551. The Morgan fingerprint density at radius 1 is 1.62 bits per heavy atom. The van der Waals surface area contributed by atoms with Gasteiger partial charge < -0.3 is 15.7 Å². The van der Waals surface area contributed by atoms with E-state index in [1.165, 1.54) is 4.81 Å². The van der Waals surface area contributed by atoms with Crippen LogP contribution in [0.4, 0.5) is 0 Å². The van der Waals surface area contributed by atoms with Crippen LogP contribution in [0, 0.1) is 0 Å². The third-order valence-corrected chi connectivity index (χ3v) is 1.36. The van der Waals surface area contributed by atoms with Gasteiger partial charge in [-0.05, 0) is 0 Å². The lowest BCUT2D eigenvalue weighted by Crippen LogP contribution is -2.32. The second kappa shape index (κ2) is 2.05. The lowest BCUT2D eigenvalue weighted by molar-refractivity contribution is 0.174. The topological polar surface area (TPSA) is 49.5 Å². The Labute approximate surface area is 49.9 Å². The van der Waals surface area contributed by atoms with Gasteiger partial charge >= 0.3 is 0 Å². The van der Waals surface area contributed by atoms with Gasteiger partial charge in [0.1, 0.15) is 0 Å². The molecule has 0 amide bonds. The van der Waals surface area contributed by atoms with Gasteiger partial charge in [-0.3, -0.25) is 0 Å². The van der Waals surface area contributed by atoms with Gasteiger partial charge in [-0.2, -0.15) is 0 Å². The molecular formula is C4H9BN2O. The number of β-amino-alcohol motifs (C(OH)–C–C–N with tert-alkyl or cyclic N) is 1. The zero-order valence-electron chi connectivity index (χ0n) is 4.62. The maximum absolute atomic E-state index is 8.92. The summed E-state index contributed by atoms with van der Waals surface area (Å²) in [5.41, 5.74) is 5.40. The highest BCUT2D eigenvalue weighted by molar-refractivity contribution is 6.04. The molecule has 8 heavy (non-hydrogen) atoms. The third-order valence-electron chi connectivity index (χ3n) is 1.36. The van der Waals surface area contributed by atoms with Gasteiger partial charge in [-0.15, -0.1) is 0 Å². The molecule has 44 valence electrons. The summed E-state index contributed by atoms with van der Waals surface area (Å²) in [5.74, 6) is 0. The summed E-state index contributed by atoms with van der Waals surface area (Å²) in [4.78, 5) is 1.52. The zero-order chi connectivity index (χ0) is 6.15. The molecular weight excluding hydrogens is 103 g/mol. The first-order chi connectivity index (χ1) is 3.70. The number of aliphatic hydroxyl groups is 1. The summed E-state index contributed by atoms with van der Waals surface area (Å²) in [7, 11) is 5.31. The highest BCUT2D eigenvalue weighted by atomic mass is 16.3. The molecule has 0 saturated carbocycles. The molecule has 0 aromatic heterocycles. The van der Waals surface area contributed by atoms with E-state index in [1.54, 1.807) is 0 Å². The summed E-state index contributed by atoms with van der Waals surface area (Å²) in [5, 5.41) is 8.92. The normalized spacial score (nSPS) is 40.8. The van der Waals surface area contributed by atoms with Gasteiger partial charge in [-0.25, -0.2) is 0 Å². The Morgan fingerprint density at radius 3 is 2.38 bits per heavy atom. The predicted molar refractivity (Wildman–Crippen MR) is 31.3 cm³/mol. The first-order valence-electron chi connectivity index (χ1n) is 2.63. The molecule has 3 nitrogen and oxygen atoms in total. The fourth-order valence-corrected chi connectivity index (χ4v) is 0.843. The van der Waals surface area contributed by atoms with Crippen molar-refractivity contribution in [3.8, 4) is 0 Å². The van der Waals surface area contributed by atoms with Crippen molar-refractivity contribution >= 4 is 7.98 Å². The van der Waals surface area contributed by atoms with Crippen LogP contribution in [0.25, 0.3) is 0 Å². The molecule has 4 heteroatoms. The first-order valence-corrected chi connectivity index (χ1v) is 2.63. The number of nitrogens with zero attached hydrogens (tertiary/aromatic N) is 1. The van der Waals surface area contributed by atoms with E-state index in [1.807, 2.05) is 0 Å². The van der Waals surface area contributed by atoms with Crippen molar-refractivity contribution in [1.82, 2.24) is 4.81 Å². The minimum atomic E-state index is -0.431. The molecule has 0 bridgehead atoms. The van der Waals surface area contributed by atoms with Crippen LogP contribution in [0.2, 0.25) is 0 Å². The number of hydrogen-bond donors (Lipinski definition) is 2. The van der Waals surface area contributed by atoms with Crippen molar-refractivity contribution in [2.45, 2.75) is 12.1 Å². The lowest BCUT2D eigenvalue weighted by Gasteiger charge is -2.03. The number of rotatable bonds is 0. The second-order valence-electron chi connectivity index (χ2n) is 2.19. The molecule has 1 unspecified atom stereocenters. The molecule has 1 fully saturated rings. The summed E-state index contributed by atoms with van der Waals surface area (Å²) in [6.07, 6.45) is -0.431. The Bertz CT molecular complexity index is 80.1. The highest BCUT2D eigenvalue weighted by Crippen LogP contribution is 2.02. The molecule has 1 aliphatic rings. The van der Waals surface area contributed by atoms with E-state index in [4.69, 9.17) is 18.8 Å². The van der Waals surface area contributed by atoms with E-state index >= 15 is 0 Å². The standard InChI is InChI=1S/C4H9BN2O/c5-7-1-3(6)4(8)2-7/h3-4,8H,1-2,6H2/t3-,4?/m0/s1. The van der Waals surface area contributed by atoms with Gasteiger partial charge in [0, 0.05) is 19.1 Å². The molecule has 2 atom stereocenters. The monoisotopic (exact) mass is 112 g/mol. The summed E-state index contributed by atoms with van der Waals surface area (Å²) in [6, 6.07) is -0.153. The average Bonchev–Trinajstić information content (AvgIpc) is 1.85. The van der Waals surface area contributed by atoms with Crippen LogP contribution in [0.1, 0.15) is 0 Å². The van der Waals surface area contributed by atoms with Gasteiger partial charge in [0.25, 0.3) is 0 Å². The van der Waals surface area contributed by atoms with Crippen LogP contribution >= 0.6 is 0 Å². The van der Waals surface area contributed by atoms with Crippen molar-refractivity contribution in [2.75, 3.05) is 13.1 Å². The average molecular weight is 112 g/mol. The SMILES string of the molecule is [B]N1CC(O)[C@@H](N)C1. The second-order valence-corrected chi connectivity index (χ2v) is 2.19. The summed E-state index contributed by atoms with van der Waals surface area (Å²) < 4.78 is 0. The minimum absolute atomic E-state index is 0.153. The van der Waals surface area contributed by atoms with Crippen LogP contribution < -0.4 is 5.73 Å². The molecule has 0 spiro atoms. The van der Waals surface area contributed by atoms with Crippen molar-refractivity contribution in [3.05, 3.63) is 0 Å². The van der Waals surface area contributed by atoms with Crippen molar-refractivity contribution in [3.63, 3.8) is 0 Å². The maximum Gasteiger partial charge on any atom is 0.182 e. The Kier molecular flexibility index (Phi) is 1.55. The maximum atomic E-state index is 8.92. The first kappa shape index (κ1) is 6.07. The number of hydrogen-bond acceptors (Lipinski definition) is 3. The van der Waals surface area contributed by atoms with E-state index < -0.39 is 6.10 Å². The van der Waals surface area contributed by atoms with Gasteiger partial charge in [0.2, 0.25) is 0 Å².